The zero-order chi connectivity index (χ0) is 14.5. The number of hydrogen-bond acceptors (Lipinski definition) is 2. The van der Waals surface area contributed by atoms with Gasteiger partial charge in [0.1, 0.15) is 5.25 Å². The number of nitrogens with one attached hydrogen (secondary N) is 1. The second-order valence-corrected chi connectivity index (χ2v) is 7.34. The van der Waals surface area contributed by atoms with Crippen molar-refractivity contribution in [1.82, 2.24) is 5.32 Å². The summed E-state index contributed by atoms with van der Waals surface area (Å²) in [6.45, 7) is 3.77. The Morgan fingerprint density at radius 1 is 1.35 bits per heavy atom. The number of carbonyl (C=O) groups excluding carboxylic acids is 1. The molecule has 1 aliphatic carbocycles. The van der Waals surface area contributed by atoms with E-state index in [9.17, 15) is 9.00 Å². The van der Waals surface area contributed by atoms with Crippen molar-refractivity contribution in [2.75, 3.05) is 0 Å². The Morgan fingerprint density at radius 3 is 2.65 bits per heavy atom. The van der Waals surface area contributed by atoms with Crippen molar-refractivity contribution < 1.29 is 9.00 Å². The van der Waals surface area contributed by atoms with E-state index in [1.54, 1.807) is 6.92 Å². The monoisotopic (exact) mass is 293 g/mol. The molecule has 1 aromatic rings. The summed E-state index contributed by atoms with van der Waals surface area (Å²) < 4.78 is 12.3. The van der Waals surface area contributed by atoms with Gasteiger partial charge in [-0.25, -0.2) is 0 Å². The van der Waals surface area contributed by atoms with Crippen LogP contribution in [0.2, 0.25) is 0 Å². The van der Waals surface area contributed by atoms with Crippen LogP contribution in [0, 0.1) is 6.92 Å². The van der Waals surface area contributed by atoms with Gasteiger partial charge in [0.25, 0.3) is 0 Å². The Kier molecular flexibility index (Phi) is 5.35. The molecule has 1 fully saturated rings. The first-order valence-corrected chi connectivity index (χ1v) is 8.68. The average Bonchev–Trinajstić information content (AvgIpc) is 2.93. The van der Waals surface area contributed by atoms with E-state index in [4.69, 9.17) is 0 Å². The fourth-order valence-corrected chi connectivity index (χ4v) is 3.75. The van der Waals surface area contributed by atoms with Crippen molar-refractivity contribution in [3.8, 4) is 0 Å². The highest BCUT2D eigenvalue weighted by atomic mass is 32.2. The summed E-state index contributed by atoms with van der Waals surface area (Å²) in [5, 5.41) is 2.58. The van der Waals surface area contributed by atoms with Crippen LogP contribution in [0.25, 0.3) is 0 Å². The van der Waals surface area contributed by atoms with Gasteiger partial charge in [0.05, 0.1) is 0 Å². The summed E-state index contributed by atoms with van der Waals surface area (Å²) in [5.41, 5.74) is 2.19. The minimum absolute atomic E-state index is 0.0659. The van der Waals surface area contributed by atoms with E-state index in [1.807, 2.05) is 31.2 Å². The molecule has 1 aliphatic rings. The molecule has 1 amide bonds. The first-order valence-electron chi connectivity index (χ1n) is 7.30. The van der Waals surface area contributed by atoms with Crippen LogP contribution in [0.3, 0.4) is 0 Å². The van der Waals surface area contributed by atoms with Gasteiger partial charge in [0.15, 0.2) is 0 Å². The van der Waals surface area contributed by atoms with Gasteiger partial charge in [0.2, 0.25) is 5.91 Å². The summed E-state index contributed by atoms with van der Waals surface area (Å²) in [4.78, 5) is 12.1. The molecule has 0 saturated heterocycles. The third-order valence-electron chi connectivity index (χ3n) is 4.02. The zero-order valence-corrected chi connectivity index (χ0v) is 13.0. The van der Waals surface area contributed by atoms with Crippen molar-refractivity contribution in [3.63, 3.8) is 0 Å². The molecule has 20 heavy (non-hydrogen) atoms. The summed E-state index contributed by atoms with van der Waals surface area (Å²) in [6, 6.07) is 8.20. The minimum atomic E-state index is -1.17. The second kappa shape index (κ2) is 7.02. The maximum atomic E-state index is 12.3. The lowest BCUT2D eigenvalue weighted by molar-refractivity contribution is -0.121. The number of carbonyl (C=O) groups is 1. The summed E-state index contributed by atoms with van der Waals surface area (Å²) in [5.74, 6) is 0.384. The van der Waals surface area contributed by atoms with Crippen LogP contribution in [0.15, 0.2) is 24.3 Å². The minimum Gasteiger partial charge on any atom is -0.352 e. The second-order valence-electron chi connectivity index (χ2n) is 5.58. The Hall–Kier alpha value is -1.16. The maximum absolute atomic E-state index is 12.3. The molecule has 0 aliphatic heterocycles. The van der Waals surface area contributed by atoms with Crippen LogP contribution < -0.4 is 5.32 Å². The molecule has 2 atom stereocenters. The predicted molar refractivity (Wildman–Crippen MR) is 82.9 cm³/mol. The first-order chi connectivity index (χ1) is 9.58. The smallest absolute Gasteiger partial charge is 0.235 e. The van der Waals surface area contributed by atoms with Crippen LogP contribution in [0.1, 0.15) is 43.7 Å². The van der Waals surface area contributed by atoms with Crippen molar-refractivity contribution in [2.24, 2.45) is 0 Å². The quantitative estimate of drug-likeness (QED) is 0.907. The number of benzene rings is 1. The Bertz CT molecular complexity index is 495. The largest absolute Gasteiger partial charge is 0.352 e. The Morgan fingerprint density at radius 2 is 2.00 bits per heavy atom. The van der Waals surface area contributed by atoms with Crippen LogP contribution in [0.4, 0.5) is 0 Å². The van der Waals surface area contributed by atoms with Crippen LogP contribution in [-0.2, 0) is 21.3 Å². The average molecular weight is 293 g/mol. The van der Waals surface area contributed by atoms with Crippen molar-refractivity contribution >= 4 is 16.7 Å². The molecule has 1 N–H and O–H groups in total. The molecule has 1 saturated carbocycles. The van der Waals surface area contributed by atoms with Gasteiger partial charge < -0.3 is 5.32 Å². The van der Waals surface area contributed by atoms with Crippen LogP contribution in [-0.4, -0.2) is 21.4 Å². The molecule has 0 unspecified atom stereocenters. The van der Waals surface area contributed by atoms with Gasteiger partial charge in [-0.1, -0.05) is 37.1 Å². The Labute approximate surface area is 123 Å². The fraction of sp³-hybridized carbons (Fsp3) is 0.562. The van der Waals surface area contributed by atoms with E-state index < -0.39 is 16.0 Å². The topological polar surface area (TPSA) is 46.2 Å². The standard InChI is InChI=1S/C16H23NO2S/c1-12-7-3-4-8-14(12)11-20(19)13(2)16(18)17-15-9-5-6-10-15/h3-4,7-8,13,15H,5-6,9-11H2,1-2H3,(H,17,18)/t13-,20-/m1/s1. The van der Waals surface area contributed by atoms with Gasteiger partial charge >= 0.3 is 0 Å². The molecule has 0 heterocycles. The van der Waals surface area contributed by atoms with E-state index in [0.717, 1.165) is 24.0 Å². The molecule has 0 aromatic heterocycles. The lowest BCUT2D eigenvalue weighted by Gasteiger charge is -2.16. The van der Waals surface area contributed by atoms with E-state index in [2.05, 4.69) is 5.32 Å². The Balaban J connectivity index is 1.91. The molecule has 1 aromatic carbocycles. The van der Waals surface area contributed by atoms with Crippen molar-refractivity contribution in [2.45, 2.75) is 56.6 Å². The van der Waals surface area contributed by atoms with E-state index in [0.29, 0.717) is 11.8 Å². The molecule has 0 bridgehead atoms. The molecular weight excluding hydrogens is 270 g/mol. The van der Waals surface area contributed by atoms with Gasteiger partial charge in [0, 0.05) is 22.6 Å². The van der Waals surface area contributed by atoms with Gasteiger partial charge in [-0.05, 0) is 37.8 Å². The third kappa shape index (κ3) is 3.92. The summed E-state index contributed by atoms with van der Waals surface area (Å²) in [7, 11) is -1.17. The number of hydrogen-bond donors (Lipinski definition) is 1. The van der Waals surface area contributed by atoms with Crippen molar-refractivity contribution in [1.29, 1.82) is 0 Å². The predicted octanol–water partition coefficient (Wildman–Crippen LogP) is 2.69. The number of rotatable bonds is 5. The van der Waals surface area contributed by atoms with E-state index >= 15 is 0 Å². The van der Waals surface area contributed by atoms with Gasteiger partial charge in [-0.15, -0.1) is 0 Å². The summed E-state index contributed by atoms with van der Waals surface area (Å²) >= 11 is 0. The fourth-order valence-electron chi connectivity index (χ4n) is 2.56. The lowest BCUT2D eigenvalue weighted by atomic mass is 10.1. The molecule has 4 heteroatoms. The van der Waals surface area contributed by atoms with Crippen LogP contribution in [0.5, 0.6) is 0 Å². The molecule has 2 rings (SSSR count). The van der Waals surface area contributed by atoms with Crippen molar-refractivity contribution in [3.05, 3.63) is 35.4 Å². The lowest BCUT2D eigenvalue weighted by Crippen LogP contribution is -2.41. The van der Waals surface area contributed by atoms with Gasteiger partial charge in [-0.2, -0.15) is 0 Å². The molecule has 110 valence electrons. The van der Waals surface area contributed by atoms with E-state index in [1.165, 1.54) is 12.8 Å². The summed E-state index contributed by atoms with van der Waals surface area (Å²) in [6.07, 6.45) is 4.49. The SMILES string of the molecule is Cc1ccccc1C[S@@](=O)[C@H](C)C(=O)NC1CCCC1. The first kappa shape index (κ1) is 15.2. The normalized spacial score (nSPS) is 18.7. The molecule has 3 nitrogen and oxygen atoms in total. The molecule has 0 radical (unpaired) electrons. The zero-order valence-electron chi connectivity index (χ0n) is 12.2. The third-order valence-corrected chi connectivity index (χ3v) is 5.62. The number of aryl methyl sites for hydroxylation is 1. The number of amides is 1. The highest BCUT2D eigenvalue weighted by molar-refractivity contribution is 7.85. The van der Waals surface area contributed by atoms with Crippen LogP contribution >= 0.6 is 0 Å². The van der Waals surface area contributed by atoms with E-state index in [-0.39, 0.29) is 5.91 Å². The molecule has 0 spiro atoms. The molecular formula is C16H23NO2S. The maximum Gasteiger partial charge on any atom is 0.235 e. The highest BCUT2D eigenvalue weighted by Crippen LogP contribution is 2.18. The van der Waals surface area contributed by atoms with Gasteiger partial charge in [-0.3, -0.25) is 9.00 Å². The highest BCUT2D eigenvalue weighted by Gasteiger charge is 2.24.